The minimum absolute atomic E-state index is 0.0137. The number of aromatic amines is 1. The van der Waals surface area contributed by atoms with Crippen LogP contribution in [-0.4, -0.2) is 9.97 Å². The zero-order valence-corrected chi connectivity index (χ0v) is 5.66. The Morgan fingerprint density at radius 1 is 1.55 bits per heavy atom. The standard InChI is InChI=1S/C8H5N2O/c11-8-2-4-10-7-1-3-9-5-6(7)8/h1-2,4-5H,(H,10,11). The number of rotatable bonds is 0. The molecule has 1 N–H and O–H groups in total. The lowest BCUT2D eigenvalue weighted by atomic mass is 10.3. The second kappa shape index (κ2) is 2.20. The highest BCUT2D eigenvalue weighted by molar-refractivity contribution is 5.76. The summed E-state index contributed by atoms with van der Waals surface area (Å²) in [5.41, 5.74) is 0.757. The van der Waals surface area contributed by atoms with E-state index in [-0.39, 0.29) is 5.43 Å². The Hall–Kier alpha value is -1.64. The van der Waals surface area contributed by atoms with Gasteiger partial charge in [-0.05, 0) is 6.07 Å². The molecular weight excluding hydrogens is 140 g/mol. The van der Waals surface area contributed by atoms with Crippen molar-refractivity contribution in [2.24, 2.45) is 0 Å². The van der Waals surface area contributed by atoms with Gasteiger partial charge in [-0.3, -0.25) is 9.78 Å². The van der Waals surface area contributed by atoms with Crippen molar-refractivity contribution in [2.45, 2.75) is 0 Å². The molecule has 2 heterocycles. The lowest BCUT2D eigenvalue weighted by molar-refractivity contribution is 1.30. The monoisotopic (exact) mass is 145 g/mol. The fraction of sp³-hybridized carbons (Fsp3) is 0. The Morgan fingerprint density at radius 3 is 3.27 bits per heavy atom. The Kier molecular flexibility index (Phi) is 1.22. The zero-order valence-electron chi connectivity index (χ0n) is 5.66. The molecule has 0 saturated heterocycles. The number of nitrogens with one attached hydrogen (secondary N) is 1. The summed E-state index contributed by atoms with van der Waals surface area (Å²) in [5, 5.41) is 0.603. The molecule has 0 amide bonds. The third kappa shape index (κ3) is 0.902. The smallest absolute Gasteiger partial charge is 0.190 e. The maximum absolute atomic E-state index is 11.1. The van der Waals surface area contributed by atoms with E-state index in [1.807, 2.05) is 0 Å². The lowest BCUT2D eigenvalue weighted by Gasteiger charge is -1.91. The van der Waals surface area contributed by atoms with Crippen LogP contribution in [0, 0.1) is 6.20 Å². The molecule has 2 aromatic heterocycles. The minimum atomic E-state index is -0.0137. The van der Waals surface area contributed by atoms with Gasteiger partial charge in [-0.2, -0.15) is 0 Å². The molecule has 1 radical (unpaired) electrons. The van der Waals surface area contributed by atoms with Gasteiger partial charge in [0.25, 0.3) is 0 Å². The van der Waals surface area contributed by atoms with Gasteiger partial charge in [-0.25, -0.2) is 0 Å². The van der Waals surface area contributed by atoms with E-state index in [1.54, 1.807) is 12.3 Å². The summed E-state index contributed by atoms with van der Waals surface area (Å²) < 4.78 is 0. The molecule has 0 unspecified atom stereocenters. The van der Waals surface area contributed by atoms with Crippen LogP contribution in [0.2, 0.25) is 0 Å². The topological polar surface area (TPSA) is 45.8 Å². The fourth-order valence-electron chi connectivity index (χ4n) is 0.964. The predicted octanol–water partition coefficient (Wildman–Crippen LogP) is 0.723. The van der Waals surface area contributed by atoms with Gasteiger partial charge in [0.15, 0.2) is 5.43 Å². The van der Waals surface area contributed by atoms with E-state index < -0.39 is 0 Å². The Bertz CT molecular complexity index is 428. The first-order valence-corrected chi connectivity index (χ1v) is 3.21. The van der Waals surface area contributed by atoms with Crippen molar-refractivity contribution >= 4 is 10.9 Å². The summed E-state index contributed by atoms with van der Waals surface area (Å²) in [5.74, 6) is 0. The van der Waals surface area contributed by atoms with Crippen LogP contribution >= 0.6 is 0 Å². The highest BCUT2D eigenvalue weighted by Crippen LogP contribution is 2.00. The van der Waals surface area contributed by atoms with E-state index in [9.17, 15) is 4.79 Å². The average molecular weight is 145 g/mol. The molecule has 0 fully saturated rings. The first kappa shape index (κ1) is 6.09. The predicted molar refractivity (Wildman–Crippen MR) is 41.2 cm³/mol. The molecule has 3 heteroatoms. The van der Waals surface area contributed by atoms with Crippen LogP contribution in [0.4, 0.5) is 0 Å². The van der Waals surface area contributed by atoms with Crippen LogP contribution in [0.5, 0.6) is 0 Å². The van der Waals surface area contributed by atoms with Gasteiger partial charge in [0, 0.05) is 18.5 Å². The van der Waals surface area contributed by atoms with Crippen LogP contribution in [-0.2, 0) is 0 Å². The second-order valence-electron chi connectivity index (χ2n) is 2.20. The molecule has 0 aliphatic carbocycles. The van der Waals surface area contributed by atoms with E-state index >= 15 is 0 Å². The number of hydrogen-bond acceptors (Lipinski definition) is 2. The number of hydrogen-bond donors (Lipinski definition) is 1. The van der Waals surface area contributed by atoms with Crippen molar-refractivity contribution < 1.29 is 0 Å². The molecule has 2 rings (SSSR count). The molecule has 2 aromatic rings. The quantitative estimate of drug-likeness (QED) is 0.593. The summed E-state index contributed by atoms with van der Waals surface area (Å²) in [6, 6.07) is 3.13. The fourth-order valence-corrected chi connectivity index (χ4v) is 0.964. The van der Waals surface area contributed by atoms with Crippen LogP contribution < -0.4 is 5.43 Å². The first-order valence-electron chi connectivity index (χ1n) is 3.21. The third-order valence-electron chi connectivity index (χ3n) is 1.51. The van der Waals surface area contributed by atoms with Gasteiger partial charge >= 0.3 is 0 Å². The Morgan fingerprint density at radius 2 is 2.45 bits per heavy atom. The summed E-state index contributed by atoms with van der Waals surface area (Å²) in [7, 11) is 0. The maximum Gasteiger partial charge on any atom is 0.190 e. The highest BCUT2D eigenvalue weighted by Gasteiger charge is 1.94. The highest BCUT2D eigenvalue weighted by atomic mass is 16.1. The summed E-state index contributed by atoms with van der Waals surface area (Å²) in [4.78, 5) is 17.8. The van der Waals surface area contributed by atoms with Gasteiger partial charge in [-0.15, -0.1) is 0 Å². The van der Waals surface area contributed by atoms with Crippen molar-refractivity contribution in [3.8, 4) is 0 Å². The van der Waals surface area contributed by atoms with E-state index in [4.69, 9.17) is 0 Å². The van der Waals surface area contributed by atoms with Gasteiger partial charge in [0.05, 0.1) is 17.1 Å². The summed E-state index contributed by atoms with van der Waals surface area (Å²) >= 11 is 0. The molecule has 0 aliphatic heterocycles. The Labute approximate surface area is 62.7 Å². The third-order valence-corrected chi connectivity index (χ3v) is 1.51. The van der Waals surface area contributed by atoms with E-state index in [0.29, 0.717) is 5.39 Å². The molecule has 0 spiro atoms. The number of aromatic nitrogens is 2. The normalized spacial score (nSPS) is 10.2. The molecule has 0 saturated carbocycles. The lowest BCUT2D eigenvalue weighted by Crippen LogP contribution is -1.99. The molecule has 11 heavy (non-hydrogen) atoms. The van der Waals surface area contributed by atoms with E-state index in [0.717, 1.165) is 5.52 Å². The van der Waals surface area contributed by atoms with E-state index in [1.165, 1.54) is 12.3 Å². The van der Waals surface area contributed by atoms with Crippen molar-refractivity contribution in [1.29, 1.82) is 0 Å². The largest absolute Gasteiger partial charge is 0.361 e. The van der Waals surface area contributed by atoms with Crippen LogP contribution in [0.25, 0.3) is 10.9 Å². The van der Waals surface area contributed by atoms with Gasteiger partial charge in [-0.1, -0.05) is 0 Å². The molecule has 0 bridgehead atoms. The van der Waals surface area contributed by atoms with Crippen molar-refractivity contribution in [3.05, 3.63) is 40.9 Å². The molecular formula is C8H5N2O. The van der Waals surface area contributed by atoms with Gasteiger partial charge < -0.3 is 4.98 Å². The Balaban J connectivity index is 3.03. The van der Waals surface area contributed by atoms with Crippen LogP contribution in [0.3, 0.4) is 0 Å². The van der Waals surface area contributed by atoms with Gasteiger partial charge in [0.1, 0.15) is 0 Å². The molecule has 0 aromatic carbocycles. The van der Waals surface area contributed by atoms with Crippen molar-refractivity contribution in [3.63, 3.8) is 0 Å². The maximum atomic E-state index is 11.1. The molecule has 3 nitrogen and oxygen atoms in total. The second-order valence-corrected chi connectivity index (χ2v) is 2.20. The molecule has 53 valence electrons. The number of H-pyrrole nitrogens is 1. The van der Waals surface area contributed by atoms with Crippen LogP contribution in [0.1, 0.15) is 0 Å². The van der Waals surface area contributed by atoms with Gasteiger partial charge in [0.2, 0.25) is 0 Å². The van der Waals surface area contributed by atoms with E-state index in [2.05, 4.69) is 16.2 Å². The van der Waals surface area contributed by atoms with Crippen molar-refractivity contribution in [1.82, 2.24) is 9.97 Å². The zero-order chi connectivity index (χ0) is 7.68. The number of pyridine rings is 2. The summed E-state index contributed by atoms with van der Waals surface area (Å²) in [6.07, 6.45) is 5.76. The summed E-state index contributed by atoms with van der Waals surface area (Å²) in [6.45, 7) is 0. The first-order chi connectivity index (χ1) is 5.38. The number of nitrogens with zero attached hydrogens (tertiary/aromatic N) is 1. The van der Waals surface area contributed by atoms with Crippen molar-refractivity contribution in [2.75, 3.05) is 0 Å². The minimum Gasteiger partial charge on any atom is -0.361 e. The van der Waals surface area contributed by atoms with Crippen LogP contribution in [0.15, 0.2) is 29.3 Å². The average Bonchev–Trinajstić information content (AvgIpc) is 2.06. The molecule has 0 aliphatic rings. The molecule has 0 atom stereocenters. The number of fused-ring (bicyclic) bond motifs is 1. The SMILES string of the molecule is O=c1cc[nH]c2c[c]ncc12.